The zero-order valence-corrected chi connectivity index (χ0v) is 16.9. The lowest BCUT2D eigenvalue weighted by Crippen LogP contribution is -2.46. The average Bonchev–Trinajstić information content (AvgIpc) is 2.62. The molecule has 0 saturated heterocycles. The molecule has 28 heavy (non-hydrogen) atoms. The molecule has 1 aromatic carbocycles. The first-order valence-corrected chi connectivity index (χ1v) is 11.0. The minimum Gasteiger partial charge on any atom is -0.506 e. The van der Waals surface area contributed by atoms with Crippen LogP contribution < -0.4 is 11.1 Å². The van der Waals surface area contributed by atoms with Crippen LogP contribution in [0.15, 0.2) is 17.0 Å². The van der Waals surface area contributed by atoms with E-state index in [1.807, 2.05) is 0 Å². The number of nitrogens with two attached hydrogens (primary N) is 1. The largest absolute Gasteiger partial charge is 0.506 e. The van der Waals surface area contributed by atoms with Gasteiger partial charge in [0.1, 0.15) is 16.4 Å². The van der Waals surface area contributed by atoms with Crippen LogP contribution in [0.1, 0.15) is 50.5 Å². The fourth-order valence-corrected chi connectivity index (χ4v) is 4.22. The van der Waals surface area contributed by atoms with Crippen molar-refractivity contribution in [3.8, 4) is 5.75 Å². The topological polar surface area (TPSA) is 147 Å². The first kappa shape index (κ1) is 22.6. The van der Waals surface area contributed by atoms with Crippen molar-refractivity contribution in [2.75, 3.05) is 0 Å². The highest BCUT2D eigenvalue weighted by atomic mass is 35.5. The Kier molecular flexibility index (Phi) is 7.82. The van der Waals surface area contributed by atoms with Crippen LogP contribution in [-0.2, 0) is 26.1 Å². The van der Waals surface area contributed by atoms with Gasteiger partial charge in [0.15, 0.2) is 0 Å². The molecule has 0 aromatic heterocycles. The molecule has 0 unspecified atom stereocenters. The second-order valence-electron chi connectivity index (χ2n) is 7.09. The summed E-state index contributed by atoms with van der Waals surface area (Å²) in [7, 11) is -4.68. The molecule has 8 nitrogen and oxygen atoms in total. The van der Waals surface area contributed by atoms with Crippen LogP contribution in [0.3, 0.4) is 0 Å². The number of aromatic hydroxyl groups is 1. The molecule has 5 N–H and O–H groups in total. The standard InChI is InChI=1S/C18H25ClN2O6S/c19-12-8-11(17(23)16(10-12)28(25,26)27)9-14(22)6-7-15(20)18(24)21-13-4-2-1-3-5-13/h8,10,13,15,23H,1-7,9,20H2,(H,21,24)(H,25,26,27)/t15-/m0/s1. The van der Waals surface area contributed by atoms with E-state index in [2.05, 4.69) is 5.32 Å². The van der Waals surface area contributed by atoms with E-state index >= 15 is 0 Å². The van der Waals surface area contributed by atoms with Crippen molar-refractivity contribution in [2.45, 2.75) is 68.3 Å². The van der Waals surface area contributed by atoms with Crippen molar-refractivity contribution in [2.24, 2.45) is 5.73 Å². The number of phenols is 1. The molecule has 1 aromatic rings. The van der Waals surface area contributed by atoms with E-state index in [0.29, 0.717) is 0 Å². The molecule has 0 aliphatic heterocycles. The maximum atomic E-state index is 12.2. The molecular formula is C18H25ClN2O6S. The molecule has 2 rings (SSSR count). The SMILES string of the molecule is N[C@@H](CCC(=O)Cc1cc(Cl)cc(S(=O)(=O)O)c1O)C(=O)NC1CCCCC1. The summed E-state index contributed by atoms with van der Waals surface area (Å²) in [6, 6.07) is 1.45. The van der Waals surface area contributed by atoms with E-state index in [-0.39, 0.29) is 47.6 Å². The first-order chi connectivity index (χ1) is 13.1. The Labute approximate surface area is 169 Å². The molecule has 10 heteroatoms. The molecular weight excluding hydrogens is 408 g/mol. The van der Waals surface area contributed by atoms with E-state index in [1.165, 1.54) is 12.5 Å². The Bertz CT molecular complexity index is 837. The third-order valence-electron chi connectivity index (χ3n) is 4.81. The van der Waals surface area contributed by atoms with E-state index < -0.39 is 26.8 Å². The maximum absolute atomic E-state index is 12.2. The summed E-state index contributed by atoms with van der Waals surface area (Å²) in [5.74, 6) is -1.36. The smallest absolute Gasteiger partial charge is 0.298 e. The third-order valence-corrected chi connectivity index (χ3v) is 5.89. The highest BCUT2D eigenvalue weighted by Crippen LogP contribution is 2.31. The molecule has 1 amide bonds. The van der Waals surface area contributed by atoms with Crippen LogP contribution in [0.2, 0.25) is 5.02 Å². The van der Waals surface area contributed by atoms with Gasteiger partial charge in [0.05, 0.1) is 6.04 Å². The molecule has 0 bridgehead atoms. The number of carbonyl (C=O) groups is 2. The number of nitrogens with one attached hydrogen (secondary N) is 1. The Morgan fingerprint density at radius 2 is 1.89 bits per heavy atom. The van der Waals surface area contributed by atoms with Gasteiger partial charge in [-0.05, 0) is 31.4 Å². The van der Waals surface area contributed by atoms with Crippen LogP contribution >= 0.6 is 11.6 Å². The molecule has 156 valence electrons. The van der Waals surface area contributed by atoms with Gasteiger partial charge >= 0.3 is 0 Å². The summed E-state index contributed by atoms with van der Waals surface area (Å²) in [5.41, 5.74) is 5.84. The van der Waals surface area contributed by atoms with E-state index in [9.17, 15) is 23.1 Å². The lowest BCUT2D eigenvalue weighted by molar-refractivity contribution is -0.123. The van der Waals surface area contributed by atoms with Gasteiger partial charge in [-0.25, -0.2) is 0 Å². The molecule has 1 aliphatic carbocycles. The first-order valence-electron chi connectivity index (χ1n) is 9.14. The van der Waals surface area contributed by atoms with Crippen LogP contribution in [0, 0.1) is 0 Å². The van der Waals surface area contributed by atoms with Crippen LogP contribution in [0.25, 0.3) is 0 Å². The minimum atomic E-state index is -4.68. The second-order valence-corrected chi connectivity index (χ2v) is 8.92. The maximum Gasteiger partial charge on any atom is 0.298 e. The molecule has 1 aliphatic rings. The molecule has 0 radical (unpaired) electrons. The summed E-state index contributed by atoms with van der Waals surface area (Å²) < 4.78 is 31.7. The number of rotatable bonds is 8. The quantitative estimate of drug-likeness (QED) is 0.459. The van der Waals surface area contributed by atoms with Crippen LogP contribution in [0.5, 0.6) is 5.75 Å². The molecule has 0 heterocycles. The number of hydrogen-bond donors (Lipinski definition) is 4. The van der Waals surface area contributed by atoms with Gasteiger partial charge in [-0.3, -0.25) is 14.1 Å². The molecule has 0 spiro atoms. The summed E-state index contributed by atoms with van der Waals surface area (Å²) in [4.78, 5) is 23.6. The molecule has 1 fully saturated rings. The predicted octanol–water partition coefficient (Wildman–Crippen LogP) is 1.96. The lowest BCUT2D eigenvalue weighted by Gasteiger charge is -2.24. The van der Waals surface area contributed by atoms with Gasteiger partial charge in [-0.15, -0.1) is 0 Å². The number of carbonyl (C=O) groups excluding carboxylic acids is 2. The lowest BCUT2D eigenvalue weighted by atomic mass is 9.95. The number of amides is 1. The number of hydrogen-bond acceptors (Lipinski definition) is 6. The third kappa shape index (κ3) is 6.44. The van der Waals surface area contributed by atoms with Crippen LogP contribution in [-0.4, -0.2) is 41.9 Å². The normalized spacial score (nSPS) is 16.5. The van der Waals surface area contributed by atoms with Gasteiger partial charge in [-0.1, -0.05) is 30.9 Å². The summed E-state index contributed by atoms with van der Waals surface area (Å²) in [6.45, 7) is 0. The number of ketones is 1. The van der Waals surface area contributed by atoms with E-state index in [1.54, 1.807) is 0 Å². The number of Topliss-reactive ketones (excluding diaryl/α,β-unsaturated/α-hetero) is 1. The van der Waals surface area contributed by atoms with Gasteiger partial charge in [-0.2, -0.15) is 8.42 Å². The molecule has 1 saturated carbocycles. The number of halogens is 1. The van der Waals surface area contributed by atoms with E-state index in [0.717, 1.165) is 31.7 Å². The Morgan fingerprint density at radius 3 is 2.50 bits per heavy atom. The van der Waals surface area contributed by atoms with Crippen LogP contribution in [0.4, 0.5) is 0 Å². The highest BCUT2D eigenvalue weighted by molar-refractivity contribution is 7.86. The van der Waals surface area contributed by atoms with Gasteiger partial charge in [0.25, 0.3) is 10.1 Å². The van der Waals surface area contributed by atoms with Crippen molar-refractivity contribution in [3.63, 3.8) is 0 Å². The number of benzene rings is 1. The summed E-state index contributed by atoms with van der Waals surface area (Å²) >= 11 is 5.80. The zero-order valence-electron chi connectivity index (χ0n) is 15.4. The van der Waals surface area contributed by atoms with Gasteiger partial charge in [0.2, 0.25) is 5.91 Å². The van der Waals surface area contributed by atoms with Crippen molar-refractivity contribution in [3.05, 3.63) is 22.7 Å². The van der Waals surface area contributed by atoms with Crippen molar-refractivity contribution in [1.29, 1.82) is 0 Å². The van der Waals surface area contributed by atoms with Crippen molar-refractivity contribution < 1.29 is 27.7 Å². The fourth-order valence-electron chi connectivity index (χ4n) is 3.26. The minimum absolute atomic E-state index is 0.0214. The van der Waals surface area contributed by atoms with Crippen molar-refractivity contribution >= 4 is 33.4 Å². The summed E-state index contributed by atoms with van der Waals surface area (Å²) in [6.07, 6.45) is 4.99. The zero-order chi connectivity index (χ0) is 20.9. The Balaban J connectivity index is 1.91. The average molecular weight is 433 g/mol. The van der Waals surface area contributed by atoms with Gasteiger partial charge in [0, 0.05) is 29.5 Å². The van der Waals surface area contributed by atoms with E-state index in [4.69, 9.17) is 21.9 Å². The summed E-state index contributed by atoms with van der Waals surface area (Å²) in [5, 5.41) is 12.9. The predicted molar refractivity (Wildman–Crippen MR) is 104 cm³/mol. The second kappa shape index (κ2) is 9.69. The monoisotopic (exact) mass is 432 g/mol. The molecule has 1 atom stereocenters. The Hall–Kier alpha value is -1.68. The van der Waals surface area contributed by atoms with Crippen molar-refractivity contribution in [1.82, 2.24) is 5.32 Å². The fraction of sp³-hybridized carbons (Fsp3) is 0.556. The van der Waals surface area contributed by atoms with Gasteiger partial charge < -0.3 is 16.2 Å². The highest BCUT2D eigenvalue weighted by Gasteiger charge is 2.23. The Morgan fingerprint density at radius 1 is 1.25 bits per heavy atom. The number of phenolic OH excluding ortho intramolecular Hbond substituents is 1.